The van der Waals surface area contributed by atoms with Crippen LogP contribution in [0.4, 0.5) is 0 Å². The first kappa shape index (κ1) is 56.2. The molecule has 16 heteroatoms. The molecule has 0 N–H and O–H groups in total. The summed E-state index contributed by atoms with van der Waals surface area (Å²) < 4.78 is 44.1. The Morgan fingerprint density at radius 3 is 1.37 bits per heavy atom. The predicted molar refractivity (Wildman–Crippen MR) is 286 cm³/mol. The fourth-order valence-electron chi connectivity index (χ4n) is 7.19. The molecule has 1 aromatic heterocycles. The van der Waals surface area contributed by atoms with E-state index in [2.05, 4.69) is 19.7 Å². The van der Waals surface area contributed by atoms with Gasteiger partial charge in [-0.1, -0.05) is 44.0 Å². The first-order valence-electron chi connectivity index (χ1n) is 24.6. The third kappa shape index (κ3) is 19.0. The second kappa shape index (κ2) is 30.8. The van der Waals surface area contributed by atoms with E-state index in [1.807, 2.05) is 30.3 Å². The van der Waals surface area contributed by atoms with Crippen LogP contribution in [0.15, 0.2) is 158 Å². The van der Waals surface area contributed by atoms with E-state index in [-0.39, 0.29) is 24.7 Å². The first-order valence-corrected chi connectivity index (χ1v) is 25.6. The second-order valence-electron chi connectivity index (χ2n) is 16.6. The average Bonchev–Trinajstić information content (AvgIpc) is 3.43. The van der Waals surface area contributed by atoms with Gasteiger partial charge < -0.3 is 37.9 Å². The topological polar surface area (TPSA) is 185 Å². The number of rotatable bonds is 32. The van der Waals surface area contributed by atoms with Crippen molar-refractivity contribution in [1.82, 2.24) is 9.97 Å². The summed E-state index contributed by atoms with van der Waals surface area (Å²) in [6, 6.07) is 33.4. The standard InChI is InChI=1S/C59H60N2O13S/c1-4-53(62)70-33-13-9-7-11-31-68-46-25-21-42(22-26-46)58(65)73-48-19-15-17-44(39-48)56-57(61-52-41-50(29-30-51(52)60-56)75-38-37-67-35-36-72-55(64)6-3)45-18-16-20-49(40-45)74-59(66)43-23-27-47(28-24-43)69-32-12-8-10-14-34-71-54(63)5-2/h4-6,15-30,39-41H,1-3,7-14,31-38H2. The zero-order valence-electron chi connectivity index (χ0n) is 41.7. The molecule has 0 bridgehead atoms. The minimum atomic E-state index is -0.560. The predicted octanol–water partition coefficient (Wildman–Crippen LogP) is 11.6. The number of carbonyl (C=O) groups excluding carboxylic acids is 5. The third-order valence-corrected chi connectivity index (χ3v) is 12.0. The van der Waals surface area contributed by atoms with Crippen LogP contribution in [0.5, 0.6) is 23.0 Å². The maximum atomic E-state index is 13.5. The zero-order valence-corrected chi connectivity index (χ0v) is 42.6. The number of hydrogen-bond acceptors (Lipinski definition) is 16. The summed E-state index contributed by atoms with van der Waals surface area (Å²) in [5.41, 5.74) is 4.13. The van der Waals surface area contributed by atoms with Crippen LogP contribution in [0.2, 0.25) is 0 Å². The Balaban J connectivity index is 1.13. The van der Waals surface area contributed by atoms with Crippen LogP contribution in [0.25, 0.3) is 33.5 Å². The second-order valence-corrected chi connectivity index (χ2v) is 17.7. The molecule has 0 aliphatic heterocycles. The van der Waals surface area contributed by atoms with Gasteiger partial charge in [0.2, 0.25) is 0 Å². The van der Waals surface area contributed by atoms with Crippen LogP contribution in [-0.4, -0.2) is 91.8 Å². The molecular formula is C59H60N2O13S. The van der Waals surface area contributed by atoms with Crippen molar-refractivity contribution in [3.05, 3.63) is 164 Å². The first-order chi connectivity index (χ1) is 36.6. The van der Waals surface area contributed by atoms with Gasteiger partial charge in [0.1, 0.15) is 29.6 Å². The molecule has 6 aromatic rings. The highest BCUT2D eigenvalue weighted by Gasteiger charge is 2.18. The molecule has 0 aliphatic carbocycles. The molecule has 5 aromatic carbocycles. The molecule has 0 fully saturated rings. The monoisotopic (exact) mass is 1040 g/mol. The molecule has 0 atom stereocenters. The fraction of sp³-hybridized carbons (Fsp3) is 0.271. The van der Waals surface area contributed by atoms with Crippen molar-refractivity contribution in [2.45, 2.75) is 56.3 Å². The number of nitrogens with zero attached hydrogens (tertiary/aromatic N) is 2. The van der Waals surface area contributed by atoms with E-state index in [0.717, 1.165) is 74.5 Å². The number of ether oxygens (including phenoxy) is 8. The van der Waals surface area contributed by atoms with Crippen molar-refractivity contribution in [3.8, 4) is 45.5 Å². The lowest BCUT2D eigenvalue weighted by atomic mass is 10.0. The summed E-state index contributed by atoms with van der Waals surface area (Å²) >= 11 is 1.57. The van der Waals surface area contributed by atoms with Gasteiger partial charge in [-0.05, 0) is 142 Å². The molecular weight excluding hydrogens is 977 g/mol. The fourth-order valence-corrected chi connectivity index (χ4v) is 7.98. The molecule has 0 saturated carbocycles. The molecule has 1 heterocycles. The summed E-state index contributed by atoms with van der Waals surface area (Å²) in [6.07, 6.45) is 10.2. The highest BCUT2D eigenvalue weighted by atomic mass is 32.2. The Morgan fingerprint density at radius 2 is 0.893 bits per heavy atom. The molecule has 15 nitrogen and oxygen atoms in total. The van der Waals surface area contributed by atoms with E-state index in [0.29, 0.717) is 95.0 Å². The Kier molecular flexibility index (Phi) is 23.1. The molecule has 0 spiro atoms. The van der Waals surface area contributed by atoms with Gasteiger partial charge in [0.05, 0.1) is 73.2 Å². The van der Waals surface area contributed by atoms with Gasteiger partial charge in [0.25, 0.3) is 0 Å². The Bertz CT molecular complexity index is 2890. The lowest BCUT2D eigenvalue weighted by Gasteiger charge is -2.14. The summed E-state index contributed by atoms with van der Waals surface area (Å²) in [6.45, 7) is 12.7. The Labute approximate surface area is 440 Å². The maximum Gasteiger partial charge on any atom is 0.343 e. The van der Waals surface area contributed by atoms with E-state index in [4.69, 9.17) is 47.9 Å². The molecule has 390 valence electrons. The van der Waals surface area contributed by atoms with Crippen LogP contribution < -0.4 is 18.9 Å². The van der Waals surface area contributed by atoms with E-state index in [1.165, 1.54) is 0 Å². The Hall–Kier alpha value is -8.08. The molecule has 0 unspecified atom stereocenters. The lowest BCUT2D eigenvalue weighted by molar-refractivity contribution is -0.139. The van der Waals surface area contributed by atoms with Crippen molar-refractivity contribution in [2.75, 3.05) is 52.0 Å². The molecule has 6 rings (SSSR count). The molecule has 0 radical (unpaired) electrons. The maximum absolute atomic E-state index is 13.5. The minimum Gasteiger partial charge on any atom is -0.494 e. The van der Waals surface area contributed by atoms with E-state index < -0.39 is 29.8 Å². The number of aromatic nitrogens is 2. The summed E-state index contributed by atoms with van der Waals surface area (Å²) in [7, 11) is 0. The molecule has 0 aliphatic rings. The lowest BCUT2D eigenvalue weighted by Crippen LogP contribution is -2.09. The molecule has 0 amide bonds. The van der Waals surface area contributed by atoms with Gasteiger partial charge in [-0.3, -0.25) is 0 Å². The average molecular weight is 1040 g/mol. The minimum absolute atomic E-state index is 0.136. The Morgan fingerprint density at radius 1 is 0.440 bits per heavy atom. The number of hydrogen-bond donors (Lipinski definition) is 0. The van der Waals surface area contributed by atoms with Crippen molar-refractivity contribution in [1.29, 1.82) is 0 Å². The van der Waals surface area contributed by atoms with Gasteiger partial charge in [-0.2, -0.15) is 0 Å². The van der Waals surface area contributed by atoms with Crippen molar-refractivity contribution >= 4 is 52.6 Å². The van der Waals surface area contributed by atoms with Crippen LogP contribution in [0.1, 0.15) is 72.1 Å². The van der Waals surface area contributed by atoms with Crippen LogP contribution in [0.3, 0.4) is 0 Å². The molecule has 0 saturated heterocycles. The third-order valence-electron chi connectivity index (χ3n) is 11.0. The summed E-state index contributed by atoms with van der Waals surface area (Å²) in [5, 5.41) is 0. The van der Waals surface area contributed by atoms with Crippen LogP contribution in [-0.2, 0) is 33.3 Å². The molecule has 75 heavy (non-hydrogen) atoms. The normalized spacial score (nSPS) is 10.7. The van der Waals surface area contributed by atoms with Gasteiger partial charge in [-0.25, -0.2) is 33.9 Å². The van der Waals surface area contributed by atoms with Gasteiger partial charge in [-0.15, -0.1) is 11.8 Å². The van der Waals surface area contributed by atoms with E-state index in [1.54, 1.807) is 96.7 Å². The zero-order chi connectivity index (χ0) is 53.0. The van der Waals surface area contributed by atoms with Crippen LogP contribution >= 0.6 is 11.8 Å². The van der Waals surface area contributed by atoms with Gasteiger partial charge in [0, 0.05) is 40.0 Å². The van der Waals surface area contributed by atoms with Crippen molar-refractivity contribution in [2.24, 2.45) is 0 Å². The van der Waals surface area contributed by atoms with Crippen LogP contribution in [0, 0.1) is 0 Å². The quantitative estimate of drug-likeness (QED) is 0.00969. The summed E-state index contributed by atoms with van der Waals surface area (Å²) in [5.74, 6) is -0.00856. The number of fused-ring (bicyclic) bond motifs is 1. The highest BCUT2D eigenvalue weighted by molar-refractivity contribution is 7.99. The van der Waals surface area contributed by atoms with Crippen molar-refractivity contribution < 1.29 is 61.9 Å². The number of esters is 5. The number of carbonyl (C=O) groups is 5. The number of benzene rings is 5. The van der Waals surface area contributed by atoms with E-state index >= 15 is 0 Å². The largest absolute Gasteiger partial charge is 0.494 e. The number of unbranched alkanes of at least 4 members (excludes halogenated alkanes) is 6. The van der Waals surface area contributed by atoms with Gasteiger partial charge in [0.15, 0.2) is 0 Å². The van der Waals surface area contributed by atoms with E-state index in [9.17, 15) is 24.0 Å². The SMILES string of the molecule is C=CC(=O)OCCCCCCOc1ccc(C(=O)Oc2cccc(-c3nc4ccc(SCCOCCOC(=O)C=C)cc4nc3-c3cccc(OC(=O)c4ccc(OCCCCCCOC(=O)C=C)cc4)c3)c2)cc1. The smallest absolute Gasteiger partial charge is 0.343 e. The number of thioether (sulfide) groups is 1. The highest BCUT2D eigenvalue weighted by Crippen LogP contribution is 2.35. The van der Waals surface area contributed by atoms with Crippen molar-refractivity contribution in [3.63, 3.8) is 0 Å². The van der Waals surface area contributed by atoms with Gasteiger partial charge >= 0.3 is 29.8 Å². The summed E-state index contributed by atoms with van der Waals surface area (Å²) in [4.78, 5) is 71.7.